The molecule has 0 fully saturated rings. The second kappa shape index (κ2) is 4.21. The fourth-order valence-corrected chi connectivity index (χ4v) is 1.35. The van der Waals surface area contributed by atoms with E-state index >= 15 is 0 Å². The first-order valence-corrected chi connectivity index (χ1v) is 4.65. The van der Waals surface area contributed by atoms with Gasteiger partial charge in [0.1, 0.15) is 10.2 Å². The molecule has 1 aromatic rings. The van der Waals surface area contributed by atoms with Crippen LogP contribution in [0.5, 0.6) is 0 Å². The Morgan fingerprint density at radius 2 is 2.20 bits per heavy atom. The number of ether oxygens (including phenoxy) is 1. The molecule has 1 N–H and O–H groups in total. The predicted molar refractivity (Wildman–Crippen MR) is 47.2 cm³/mol. The van der Waals surface area contributed by atoms with Crippen molar-refractivity contribution in [3.8, 4) is 0 Å². The Morgan fingerprint density at radius 3 is 2.67 bits per heavy atom. The number of hydrogen-bond donors (Lipinski definition) is 1. The summed E-state index contributed by atoms with van der Waals surface area (Å²) < 4.78 is 41.4. The van der Waals surface area contributed by atoms with E-state index in [1.54, 1.807) is 0 Å². The lowest BCUT2D eigenvalue weighted by Gasteiger charge is -2.05. The smallest absolute Gasteiger partial charge is 0.436 e. The van der Waals surface area contributed by atoms with Gasteiger partial charge in [-0.2, -0.15) is 18.3 Å². The summed E-state index contributed by atoms with van der Waals surface area (Å²) >= 11 is 2.76. The summed E-state index contributed by atoms with van der Waals surface area (Å²) in [6.07, 6.45) is -4.69. The minimum atomic E-state index is -4.69. The van der Waals surface area contributed by atoms with Crippen molar-refractivity contribution in [3.05, 3.63) is 15.9 Å². The topological polar surface area (TPSA) is 55.0 Å². The molecule has 0 spiro atoms. The van der Waals surface area contributed by atoms with Gasteiger partial charge in [-0.05, 0) is 22.9 Å². The van der Waals surface area contributed by atoms with Gasteiger partial charge in [0.25, 0.3) is 0 Å². The number of carbonyl (C=O) groups excluding carboxylic acids is 1. The molecule has 0 aliphatic rings. The van der Waals surface area contributed by atoms with E-state index in [-0.39, 0.29) is 11.2 Å². The highest BCUT2D eigenvalue weighted by Gasteiger charge is 2.40. The van der Waals surface area contributed by atoms with Gasteiger partial charge in [-0.1, -0.05) is 0 Å². The molecule has 0 amide bonds. The van der Waals surface area contributed by atoms with Gasteiger partial charge in [-0.3, -0.25) is 5.10 Å². The van der Waals surface area contributed by atoms with Crippen LogP contribution in [-0.2, 0) is 10.9 Å². The molecule has 8 heteroatoms. The lowest BCUT2D eigenvalue weighted by Crippen LogP contribution is -2.14. The van der Waals surface area contributed by atoms with Crippen molar-refractivity contribution >= 4 is 21.9 Å². The Kier molecular flexibility index (Phi) is 3.38. The van der Waals surface area contributed by atoms with Gasteiger partial charge in [0.05, 0.1) is 6.61 Å². The van der Waals surface area contributed by atoms with Gasteiger partial charge < -0.3 is 4.74 Å². The zero-order valence-corrected chi connectivity index (χ0v) is 9.07. The minimum Gasteiger partial charge on any atom is -0.462 e. The van der Waals surface area contributed by atoms with E-state index in [1.807, 2.05) is 5.10 Å². The van der Waals surface area contributed by atoms with Crippen LogP contribution in [-0.4, -0.2) is 22.8 Å². The van der Waals surface area contributed by atoms with Crippen molar-refractivity contribution in [1.82, 2.24) is 10.2 Å². The third-order valence-electron chi connectivity index (χ3n) is 1.47. The lowest BCUT2D eigenvalue weighted by atomic mass is 10.2. The van der Waals surface area contributed by atoms with Crippen LogP contribution in [0.1, 0.15) is 23.0 Å². The summed E-state index contributed by atoms with van der Waals surface area (Å²) in [6, 6.07) is 0. The number of rotatable bonds is 2. The van der Waals surface area contributed by atoms with Crippen LogP contribution < -0.4 is 0 Å². The molecule has 4 nitrogen and oxygen atoms in total. The highest BCUT2D eigenvalue weighted by atomic mass is 79.9. The Labute approximate surface area is 90.9 Å². The zero-order valence-electron chi connectivity index (χ0n) is 7.48. The molecule has 0 aliphatic carbocycles. The quantitative estimate of drug-likeness (QED) is 0.849. The van der Waals surface area contributed by atoms with Crippen LogP contribution in [0.3, 0.4) is 0 Å². The molecule has 1 aromatic heterocycles. The number of halogens is 4. The minimum absolute atomic E-state index is 0.00620. The molecule has 84 valence electrons. The van der Waals surface area contributed by atoms with E-state index < -0.39 is 23.4 Å². The van der Waals surface area contributed by atoms with Crippen LogP contribution >= 0.6 is 15.9 Å². The molecule has 1 rings (SSSR count). The van der Waals surface area contributed by atoms with Crippen LogP contribution in [0, 0.1) is 0 Å². The summed E-state index contributed by atoms with van der Waals surface area (Å²) in [5.41, 5.74) is -1.92. The largest absolute Gasteiger partial charge is 0.462 e. The van der Waals surface area contributed by atoms with Gasteiger partial charge in [-0.25, -0.2) is 4.79 Å². The molecule has 0 aliphatic heterocycles. The maximum absolute atomic E-state index is 12.4. The Hall–Kier alpha value is -1.05. The Morgan fingerprint density at radius 1 is 1.60 bits per heavy atom. The first-order valence-electron chi connectivity index (χ1n) is 3.86. The van der Waals surface area contributed by atoms with Crippen molar-refractivity contribution in [2.75, 3.05) is 6.61 Å². The van der Waals surface area contributed by atoms with E-state index in [9.17, 15) is 18.0 Å². The lowest BCUT2D eigenvalue weighted by molar-refractivity contribution is -0.141. The van der Waals surface area contributed by atoms with Crippen molar-refractivity contribution in [1.29, 1.82) is 0 Å². The Bertz CT molecular complexity index is 375. The Balaban J connectivity index is 3.16. The van der Waals surface area contributed by atoms with E-state index in [1.165, 1.54) is 6.92 Å². The number of carbonyl (C=O) groups is 1. The van der Waals surface area contributed by atoms with E-state index in [0.29, 0.717) is 0 Å². The molecule has 0 radical (unpaired) electrons. The fourth-order valence-electron chi connectivity index (χ4n) is 0.915. The average Bonchev–Trinajstić information content (AvgIpc) is 2.46. The molecular formula is C7H6BrF3N2O2. The standard InChI is InChI=1S/C7H6BrF3N2O2/c1-2-15-6(14)3-4(7(9,10)11)12-13-5(3)8/h2H2,1H3,(H,12,13). The molecule has 0 atom stereocenters. The summed E-state index contributed by atoms with van der Waals surface area (Å²) in [6.45, 7) is 1.49. The van der Waals surface area contributed by atoms with E-state index in [4.69, 9.17) is 0 Å². The molecule has 0 aromatic carbocycles. The molecular weight excluding hydrogens is 281 g/mol. The van der Waals surface area contributed by atoms with E-state index in [2.05, 4.69) is 25.8 Å². The van der Waals surface area contributed by atoms with Crippen molar-refractivity contribution in [2.24, 2.45) is 0 Å². The second-order valence-corrected chi connectivity index (χ2v) is 3.27. The maximum atomic E-state index is 12.4. The number of nitrogens with one attached hydrogen (secondary N) is 1. The van der Waals surface area contributed by atoms with Crippen molar-refractivity contribution in [2.45, 2.75) is 13.1 Å². The van der Waals surface area contributed by atoms with Crippen LogP contribution in [0.2, 0.25) is 0 Å². The number of nitrogens with zero attached hydrogens (tertiary/aromatic N) is 1. The second-order valence-electron chi connectivity index (χ2n) is 2.48. The van der Waals surface area contributed by atoms with Crippen molar-refractivity contribution in [3.63, 3.8) is 0 Å². The zero-order chi connectivity index (χ0) is 11.6. The predicted octanol–water partition coefficient (Wildman–Crippen LogP) is 2.37. The third-order valence-corrected chi connectivity index (χ3v) is 2.04. The highest BCUT2D eigenvalue weighted by molar-refractivity contribution is 9.10. The fraction of sp³-hybridized carbons (Fsp3) is 0.429. The highest BCUT2D eigenvalue weighted by Crippen LogP contribution is 2.33. The summed E-state index contributed by atoms with van der Waals surface area (Å²) in [7, 11) is 0. The van der Waals surface area contributed by atoms with Crippen LogP contribution in [0.25, 0.3) is 0 Å². The molecule has 1 heterocycles. The van der Waals surface area contributed by atoms with Crippen LogP contribution in [0.15, 0.2) is 4.60 Å². The number of aromatic amines is 1. The van der Waals surface area contributed by atoms with E-state index in [0.717, 1.165) is 0 Å². The van der Waals surface area contributed by atoms with Gasteiger partial charge >= 0.3 is 12.1 Å². The van der Waals surface area contributed by atoms with Gasteiger partial charge in [0, 0.05) is 0 Å². The number of H-pyrrole nitrogens is 1. The summed E-state index contributed by atoms with van der Waals surface area (Å²) in [5.74, 6) is -1.06. The number of esters is 1. The maximum Gasteiger partial charge on any atom is 0.436 e. The summed E-state index contributed by atoms with van der Waals surface area (Å²) in [5, 5.41) is 5.02. The molecule has 0 bridgehead atoms. The van der Waals surface area contributed by atoms with Gasteiger partial charge in [0.2, 0.25) is 0 Å². The molecule has 15 heavy (non-hydrogen) atoms. The monoisotopic (exact) mass is 286 g/mol. The number of alkyl halides is 3. The van der Waals surface area contributed by atoms with Gasteiger partial charge in [0.15, 0.2) is 5.69 Å². The number of aromatic nitrogens is 2. The third kappa shape index (κ3) is 2.49. The summed E-state index contributed by atoms with van der Waals surface area (Å²) in [4.78, 5) is 11.2. The first kappa shape index (κ1) is 12.0. The van der Waals surface area contributed by atoms with Gasteiger partial charge in [-0.15, -0.1) is 0 Å². The van der Waals surface area contributed by atoms with Crippen molar-refractivity contribution < 1.29 is 22.7 Å². The number of hydrogen-bond acceptors (Lipinski definition) is 3. The van der Waals surface area contributed by atoms with Crippen LogP contribution in [0.4, 0.5) is 13.2 Å². The first-order chi connectivity index (χ1) is 6.88. The SMILES string of the molecule is CCOC(=O)c1c(C(F)(F)F)n[nH]c1Br. The molecule has 0 unspecified atom stereocenters. The molecule has 0 saturated carbocycles. The molecule has 0 saturated heterocycles. The average molecular weight is 287 g/mol. The normalized spacial score (nSPS) is 11.5.